The van der Waals surface area contributed by atoms with E-state index in [-0.39, 0.29) is 0 Å². The molecule has 0 saturated heterocycles. The van der Waals surface area contributed by atoms with Gasteiger partial charge in [-0.15, -0.1) is 0 Å². The molecule has 0 radical (unpaired) electrons. The van der Waals surface area contributed by atoms with E-state index in [9.17, 15) is 0 Å². The highest BCUT2D eigenvalue weighted by Crippen LogP contribution is 2.50. The minimum Gasteiger partial charge on any atom is -0.310 e. The summed E-state index contributed by atoms with van der Waals surface area (Å²) in [6.07, 6.45) is 5.34. The Morgan fingerprint density at radius 3 is 1.14 bits per heavy atom. The number of aromatic nitrogens is 2. The Hall–Kier alpha value is -6.52. The van der Waals surface area contributed by atoms with Crippen LogP contribution in [0.4, 0.5) is 34.1 Å². The Morgan fingerprint density at radius 2 is 0.760 bits per heavy atom. The fourth-order valence-corrected chi connectivity index (χ4v) is 7.03. The molecule has 1 aromatic heterocycles. The van der Waals surface area contributed by atoms with Crippen molar-refractivity contribution in [2.75, 3.05) is 9.80 Å². The van der Waals surface area contributed by atoms with Gasteiger partial charge in [0.05, 0.1) is 11.4 Å². The third kappa shape index (κ3) is 5.47. The minimum absolute atomic E-state index is 1.00. The van der Waals surface area contributed by atoms with Crippen molar-refractivity contribution < 1.29 is 0 Å². The second-order valence-corrected chi connectivity index (χ2v) is 12.0. The van der Waals surface area contributed by atoms with Crippen molar-refractivity contribution in [1.29, 1.82) is 0 Å². The molecular formula is C46H36N4. The SMILES string of the molecule is CC.c1ccc(N(c2ccccc2)c2cc(N(c3ccccc3)c3ccccc3)c3ccc4cc(-c5cncnc5)cc5ccc2c3c54)cc1. The second kappa shape index (κ2) is 13.5. The number of hydrogen-bond acceptors (Lipinski definition) is 4. The van der Waals surface area contributed by atoms with E-state index in [0.717, 1.165) is 45.3 Å². The summed E-state index contributed by atoms with van der Waals surface area (Å²) in [7, 11) is 0. The summed E-state index contributed by atoms with van der Waals surface area (Å²) in [6, 6.07) is 58.7. The van der Waals surface area contributed by atoms with Crippen LogP contribution in [-0.2, 0) is 0 Å². The average molecular weight is 645 g/mol. The molecule has 50 heavy (non-hydrogen) atoms. The first-order valence-electron chi connectivity index (χ1n) is 17.1. The average Bonchev–Trinajstić information content (AvgIpc) is 3.20. The number of para-hydroxylation sites is 4. The van der Waals surface area contributed by atoms with E-state index in [1.54, 1.807) is 6.33 Å². The molecule has 1 heterocycles. The highest BCUT2D eigenvalue weighted by molar-refractivity contribution is 6.29. The Bertz CT molecular complexity index is 2260. The van der Waals surface area contributed by atoms with Gasteiger partial charge in [-0.3, -0.25) is 0 Å². The van der Waals surface area contributed by atoms with Gasteiger partial charge >= 0.3 is 0 Å². The largest absolute Gasteiger partial charge is 0.310 e. The monoisotopic (exact) mass is 644 g/mol. The molecule has 0 unspecified atom stereocenters. The number of rotatable bonds is 7. The zero-order valence-corrected chi connectivity index (χ0v) is 28.1. The van der Waals surface area contributed by atoms with E-state index in [1.165, 1.54) is 32.3 Å². The molecule has 0 spiro atoms. The van der Waals surface area contributed by atoms with Crippen LogP contribution in [0.15, 0.2) is 183 Å². The maximum Gasteiger partial charge on any atom is 0.115 e. The predicted octanol–water partition coefficient (Wildman–Crippen LogP) is 13.0. The summed E-state index contributed by atoms with van der Waals surface area (Å²) in [5, 5.41) is 7.24. The summed E-state index contributed by atoms with van der Waals surface area (Å²) < 4.78 is 0. The van der Waals surface area contributed by atoms with E-state index in [4.69, 9.17) is 0 Å². The van der Waals surface area contributed by atoms with Gasteiger partial charge in [-0.25, -0.2) is 9.97 Å². The van der Waals surface area contributed by atoms with Crippen molar-refractivity contribution >= 4 is 66.4 Å². The third-order valence-corrected chi connectivity index (χ3v) is 9.11. The molecule has 0 aliphatic heterocycles. The smallest absolute Gasteiger partial charge is 0.115 e. The summed E-state index contributed by atoms with van der Waals surface area (Å²) in [4.78, 5) is 13.4. The van der Waals surface area contributed by atoms with Crippen LogP contribution in [0.2, 0.25) is 0 Å². The first kappa shape index (κ1) is 30.8. The standard InChI is InChI=1S/C44H30N4.C2H6/c1-5-13-35(14-6-1)47(36-15-7-2-8-16-36)41-27-42(48(37-17-9-3-10-18-37)38-19-11-4-12-20-38)40-24-22-32-26-33(34-28-45-30-46-29-34)25-31-21-23-39(41)44(40)43(31)32;1-2/h1-30H;1-2H3. The molecule has 0 N–H and O–H groups in total. The van der Waals surface area contributed by atoms with Crippen LogP contribution < -0.4 is 9.80 Å². The van der Waals surface area contributed by atoms with Crippen LogP contribution >= 0.6 is 0 Å². The molecule has 9 rings (SSSR count). The lowest BCUT2D eigenvalue weighted by molar-refractivity contribution is 1.17. The molecule has 0 bridgehead atoms. The Kier molecular flexibility index (Phi) is 8.34. The molecular weight excluding hydrogens is 609 g/mol. The van der Waals surface area contributed by atoms with Gasteiger partial charge in [0.25, 0.3) is 0 Å². The maximum atomic E-state index is 4.30. The Morgan fingerprint density at radius 1 is 0.380 bits per heavy atom. The zero-order chi connectivity index (χ0) is 33.9. The summed E-state index contributed by atoms with van der Waals surface area (Å²) >= 11 is 0. The zero-order valence-electron chi connectivity index (χ0n) is 28.1. The first-order chi connectivity index (χ1) is 24.8. The van der Waals surface area contributed by atoms with Crippen LogP contribution in [0.1, 0.15) is 13.8 Å². The number of anilines is 6. The van der Waals surface area contributed by atoms with Crippen LogP contribution in [0.5, 0.6) is 0 Å². The minimum atomic E-state index is 1.00. The van der Waals surface area contributed by atoms with E-state index in [2.05, 4.69) is 184 Å². The van der Waals surface area contributed by atoms with Crippen molar-refractivity contribution in [1.82, 2.24) is 9.97 Å². The molecule has 0 amide bonds. The third-order valence-electron chi connectivity index (χ3n) is 9.11. The van der Waals surface area contributed by atoms with Crippen molar-refractivity contribution in [2.24, 2.45) is 0 Å². The predicted molar refractivity (Wildman–Crippen MR) is 212 cm³/mol. The quantitative estimate of drug-likeness (QED) is 0.162. The molecule has 0 fully saturated rings. The lowest BCUT2D eigenvalue weighted by Crippen LogP contribution is -2.14. The van der Waals surface area contributed by atoms with Crippen molar-refractivity contribution in [3.8, 4) is 11.1 Å². The van der Waals surface area contributed by atoms with E-state index in [1.807, 2.05) is 26.2 Å². The van der Waals surface area contributed by atoms with E-state index >= 15 is 0 Å². The van der Waals surface area contributed by atoms with Gasteiger partial charge in [0.15, 0.2) is 0 Å². The molecule has 0 aliphatic rings. The number of hydrogen-bond donors (Lipinski definition) is 0. The van der Waals surface area contributed by atoms with Crippen LogP contribution in [0, 0.1) is 0 Å². The molecule has 9 aromatic rings. The van der Waals surface area contributed by atoms with Gasteiger partial charge in [0.2, 0.25) is 0 Å². The van der Waals surface area contributed by atoms with Crippen molar-refractivity contribution in [2.45, 2.75) is 13.8 Å². The Balaban J connectivity index is 0.00000177. The molecule has 8 aromatic carbocycles. The van der Waals surface area contributed by atoms with E-state index in [0.29, 0.717) is 0 Å². The van der Waals surface area contributed by atoms with Crippen LogP contribution in [-0.4, -0.2) is 9.97 Å². The van der Waals surface area contributed by atoms with Crippen molar-refractivity contribution in [3.63, 3.8) is 0 Å². The lowest BCUT2D eigenvalue weighted by atomic mass is 9.89. The molecule has 4 heteroatoms. The molecule has 0 aliphatic carbocycles. The van der Waals surface area contributed by atoms with Gasteiger partial charge in [0.1, 0.15) is 6.33 Å². The lowest BCUT2D eigenvalue weighted by Gasteiger charge is -2.32. The first-order valence-corrected chi connectivity index (χ1v) is 17.1. The van der Waals surface area contributed by atoms with Gasteiger partial charge in [-0.05, 0) is 88.5 Å². The number of nitrogens with zero attached hydrogens (tertiary/aromatic N) is 4. The fourth-order valence-electron chi connectivity index (χ4n) is 7.03. The van der Waals surface area contributed by atoms with Gasteiger partial charge in [0, 0.05) is 56.9 Å². The molecule has 0 atom stereocenters. The number of benzene rings is 8. The molecule has 240 valence electrons. The van der Waals surface area contributed by atoms with Crippen LogP contribution in [0.25, 0.3) is 43.4 Å². The fraction of sp³-hybridized carbons (Fsp3) is 0.0435. The van der Waals surface area contributed by atoms with E-state index < -0.39 is 0 Å². The normalized spacial score (nSPS) is 11.0. The Labute approximate surface area is 292 Å². The van der Waals surface area contributed by atoms with Crippen LogP contribution in [0.3, 0.4) is 0 Å². The maximum absolute atomic E-state index is 4.30. The highest BCUT2D eigenvalue weighted by Gasteiger charge is 2.24. The second-order valence-electron chi connectivity index (χ2n) is 12.0. The summed E-state index contributed by atoms with van der Waals surface area (Å²) in [6.45, 7) is 4.00. The molecule has 0 saturated carbocycles. The topological polar surface area (TPSA) is 32.3 Å². The molecule has 4 nitrogen and oxygen atoms in total. The van der Waals surface area contributed by atoms with Gasteiger partial charge in [-0.1, -0.05) is 111 Å². The van der Waals surface area contributed by atoms with Crippen molar-refractivity contribution in [3.05, 3.63) is 183 Å². The summed E-state index contributed by atoms with van der Waals surface area (Å²) in [5.74, 6) is 0. The van der Waals surface area contributed by atoms with Gasteiger partial charge in [-0.2, -0.15) is 0 Å². The van der Waals surface area contributed by atoms with Gasteiger partial charge < -0.3 is 9.80 Å². The summed E-state index contributed by atoms with van der Waals surface area (Å²) in [5.41, 5.74) is 8.73. The highest BCUT2D eigenvalue weighted by atomic mass is 15.2.